The molecule has 0 N–H and O–H groups in total. The van der Waals surface area contributed by atoms with E-state index in [1.54, 1.807) is 0 Å². The zero-order chi connectivity index (χ0) is 27.4. The summed E-state index contributed by atoms with van der Waals surface area (Å²) in [6, 6.07) is 52.2. The third kappa shape index (κ3) is 5.52. The molecule has 0 bridgehead atoms. The van der Waals surface area contributed by atoms with Crippen molar-refractivity contribution in [1.29, 1.82) is 0 Å². The Morgan fingerprint density at radius 1 is 0.400 bits per heavy atom. The lowest BCUT2D eigenvalue weighted by molar-refractivity contribution is 1.37. The van der Waals surface area contributed by atoms with Gasteiger partial charge in [0.25, 0.3) is 14.8 Å². The maximum atomic E-state index is 7.82. The van der Waals surface area contributed by atoms with Crippen LogP contribution in [0, 0.1) is 11.1 Å². The minimum absolute atomic E-state index is 0.707. The molecular formula is C36H28Cl2Si2. The fraction of sp³-hybridized carbons (Fsp3) is 0.0556. The lowest BCUT2D eigenvalue weighted by Gasteiger charge is -2.24. The Morgan fingerprint density at radius 2 is 0.750 bits per heavy atom. The Hall–Kier alpha value is -3.59. The summed E-state index contributed by atoms with van der Waals surface area (Å²) in [4.78, 5) is 0. The first-order valence-electron chi connectivity index (χ1n) is 13.5. The van der Waals surface area contributed by atoms with E-state index in [1.165, 1.54) is 32.7 Å². The van der Waals surface area contributed by atoms with E-state index in [-0.39, 0.29) is 0 Å². The summed E-state index contributed by atoms with van der Waals surface area (Å²) in [7, 11) is -5.79. The van der Waals surface area contributed by atoms with Gasteiger partial charge in [-0.25, -0.2) is 0 Å². The highest BCUT2D eigenvalue weighted by atomic mass is 35.6. The molecule has 0 aliphatic carbocycles. The second-order valence-electron chi connectivity index (χ2n) is 10.2. The summed E-state index contributed by atoms with van der Waals surface area (Å²) in [5, 5.41) is 7.00. The molecule has 40 heavy (non-hydrogen) atoms. The molecule has 6 aromatic rings. The van der Waals surface area contributed by atoms with E-state index < -0.39 is 14.8 Å². The molecule has 6 aromatic carbocycles. The fourth-order valence-corrected chi connectivity index (χ4v) is 14.3. The highest BCUT2D eigenvalue weighted by molar-refractivity contribution is 7.35. The predicted octanol–water partition coefficient (Wildman–Crippen LogP) is 8.12. The molecule has 2 atom stereocenters. The molecule has 2 unspecified atom stereocenters. The average molecular weight is 588 g/mol. The van der Waals surface area contributed by atoms with Crippen LogP contribution in [0.5, 0.6) is 0 Å². The molecule has 4 heteroatoms. The topological polar surface area (TPSA) is 0 Å². The van der Waals surface area contributed by atoms with Crippen molar-refractivity contribution in [3.63, 3.8) is 0 Å². The van der Waals surface area contributed by atoms with Gasteiger partial charge in [0.05, 0.1) is 0 Å². The quantitative estimate of drug-likeness (QED) is 0.105. The number of hydrogen-bond donors (Lipinski definition) is 0. The van der Waals surface area contributed by atoms with Crippen molar-refractivity contribution >= 4 is 68.8 Å². The van der Waals surface area contributed by atoms with E-state index in [2.05, 4.69) is 145 Å². The fourth-order valence-electron chi connectivity index (χ4n) is 5.51. The molecular weight excluding hydrogens is 559 g/mol. The third-order valence-electron chi connectivity index (χ3n) is 7.47. The van der Waals surface area contributed by atoms with Crippen LogP contribution < -0.4 is 10.4 Å². The first kappa shape index (κ1) is 26.6. The second kappa shape index (κ2) is 11.5. The molecule has 0 spiro atoms. The van der Waals surface area contributed by atoms with E-state index >= 15 is 0 Å². The highest BCUT2D eigenvalue weighted by Gasteiger charge is 2.38. The van der Waals surface area contributed by atoms with Crippen LogP contribution in [0.4, 0.5) is 0 Å². The molecule has 6 rings (SSSR count). The molecule has 0 heterocycles. The van der Waals surface area contributed by atoms with Crippen LogP contribution in [0.3, 0.4) is 0 Å². The third-order valence-corrected chi connectivity index (χ3v) is 15.7. The van der Waals surface area contributed by atoms with Crippen molar-refractivity contribution in [2.24, 2.45) is 0 Å². The van der Waals surface area contributed by atoms with Gasteiger partial charge >= 0.3 is 0 Å². The Morgan fingerprint density at radius 3 is 1.18 bits per heavy atom. The van der Waals surface area contributed by atoms with Gasteiger partial charge in [-0.05, 0) is 55.1 Å². The van der Waals surface area contributed by atoms with Crippen LogP contribution in [-0.4, -0.2) is 14.8 Å². The van der Waals surface area contributed by atoms with Crippen LogP contribution >= 0.6 is 22.2 Å². The number of benzene rings is 6. The zero-order valence-electron chi connectivity index (χ0n) is 22.0. The van der Waals surface area contributed by atoms with Gasteiger partial charge in [0.2, 0.25) is 0 Å². The second-order valence-corrected chi connectivity index (χ2v) is 19.6. The van der Waals surface area contributed by atoms with Gasteiger partial charge in [-0.2, -0.15) is 0 Å². The zero-order valence-corrected chi connectivity index (χ0v) is 25.5. The van der Waals surface area contributed by atoms with Crippen molar-refractivity contribution in [3.8, 4) is 11.1 Å². The monoisotopic (exact) mass is 586 g/mol. The van der Waals surface area contributed by atoms with E-state index in [0.29, 0.717) is 12.1 Å². The van der Waals surface area contributed by atoms with Crippen molar-refractivity contribution in [3.05, 3.63) is 157 Å². The molecule has 0 aliphatic heterocycles. The summed E-state index contributed by atoms with van der Waals surface area (Å²) in [5.74, 6) is 0. The molecule has 0 nitrogen and oxygen atoms in total. The maximum Gasteiger partial charge on any atom is 0.267 e. The molecule has 0 saturated heterocycles. The minimum atomic E-state index is -2.90. The predicted molar refractivity (Wildman–Crippen MR) is 178 cm³/mol. The van der Waals surface area contributed by atoms with E-state index in [1.807, 2.05) is 12.1 Å². The summed E-state index contributed by atoms with van der Waals surface area (Å²) in [6.07, 6.45) is 0. The molecule has 0 aliphatic rings. The molecule has 0 radical (unpaired) electrons. The Bertz CT molecular complexity index is 1700. The van der Waals surface area contributed by atoms with Gasteiger partial charge in [-0.3, -0.25) is 0 Å². The van der Waals surface area contributed by atoms with Crippen molar-refractivity contribution in [2.45, 2.75) is 12.1 Å². The SMILES string of the molecule is Cl[Si](C#C[Si](Cl)(Cc1ccccc1)c1cccc2ccccc12)(Cc1ccccc1)c1cccc2ccccc12. The molecule has 194 valence electrons. The first-order valence-corrected chi connectivity index (χ1v) is 19.9. The van der Waals surface area contributed by atoms with Gasteiger partial charge < -0.3 is 0 Å². The summed E-state index contributed by atoms with van der Waals surface area (Å²) < 4.78 is 0. The van der Waals surface area contributed by atoms with Crippen LogP contribution in [0.25, 0.3) is 21.5 Å². The van der Waals surface area contributed by atoms with Crippen LogP contribution in [0.2, 0.25) is 0 Å². The Kier molecular flexibility index (Phi) is 7.65. The number of halogens is 2. The number of rotatable bonds is 6. The maximum absolute atomic E-state index is 7.82. The van der Waals surface area contributed by atoms with Crippen molar-refractivity contribution in [1.82, 2.24) is 0 Å². The Balaban J connectivity index is 1.56. The smallest absolute Gasteiger partial charge is 0.144 e. The lowest BCUT2D eigenvalue weighted by Crippen LogP contribution is -2.48. The van der Waals surface area contributed by atoms with Gasteiger partial charge in [0.15, 0.2) is 0 Å². The molecule has 0 aromatic heterocycles. The summed E-state index contributed by atoms with van der Waals surface area (Å²) in [5.41, 5.74) is 9.91. The van der Waals surface area contributed by atoms with Gasteiger partial charge in [0, 0.05) is 0 Å². The van der Waals surface area contributed by atoms with E-state index in [0.717, 1.165) is 10.4 Å². The highest BCUT2D eigenvalue weighted by Crippen LogP contribution is 2.25. The van der Waals surface area contributed by atoms with Crippen molar-refractivity contribution < 1.29 is 0 Å². The number of hydrogen-bond acceptors (Lipinski definition) is 0. The first-order chi connectivity index (χ1) is 19.5. The molecule has 0 saturated carbocycles. The summed E-state index contributed by atoms with van der Waals surface area (Å²) >= 11 is 15.6. The van der Waals surface area contributed by atoms with Gasteiger partial charge in [-0.1, -0.05) is 146 Å². The van der Waals surface area contributed by atoms with Gasteiger partial charge in [0.1, 0.15) is 0 Å². The van der Waals surface area contributed by atoms with Gasteiger partial charge in [-0.15, -0.1) is 33.2 Å². The lowest BCUT2D eigenvalue weighted by atomic mass is 10.1. The van der Waals surface area contributed by atoms with Crippen LogP contribution in [0.1, 0.15) is 11.1 Å². The normalized spacial score (nSPS) is 14.2. The summed E-state index contributed by atoms with van der Waals surface area (Å²) in [6.45, 7) is 0. The molecule has 0 fully saturated rings. The average Bonchev–Trinajstić information content (AvgIpc) is 3.00. The van der Waals surface area contributed by atoms with Crippen molar-refractivity contribution in [2.75, 3.05) is 0 Å². The van der Waals surface area contributed by atoms with E-state index in [9.17, 15) is 0 Å². The van der Waals surface area contributed by atoms with Crippen LogP contribution in [-0.2, 0) is 12.1 Å². The molecule has 0 amide bonds. The Labute approximate surface area is 247 Å². The minimum Gasteiger partial charge on any atom is -0.144 e. The number of fused-ring (bicyclic) bond motifs is 2. The van der Waals surface area contributed by atoms with Crippen LogP contribution in [0.15, 0.2) is 146 Å². The largest absolute Gasteiger partial charge is 0.267 e. The van der Waals surface area contributed by atoms with E-state index in [4.69, 9.17) is 22.2 Å². The standard InChI is InChI=1S/C36H28Cl2Si2/c37-39(27-29-13-3-1-4-14-29,35-23-11-19-31-17-7-9-21-33(31)35)25-26-40(38,28-30-15-5-2-6-16-30)36-24-12-20-32-18-8-10-22-34(32)36/h1-24H,27-28H2.